The lowest BCUT2D eigenvalue weighted by Crippen LogP contribution is -2.24. The summed E-state index contributed by atoms with van der Waals surface area (Å²) >= 11 is 0. The number of hydrogen-bond donors (Lipinski definition) is 1. The van der Waals surface area contributed by atoms with Crippen LogP contribution in [0.25, 0.3) is 0 Å². The van der Waals surface area contributed by atoms with E-state index >= 15 is 0 Å². The zero-order chi connectivity index (χ0) is 12.8. The van der Waals surface area contributed by atoms with E-state index in [4.69, 9.17) is 15.9 Å². The highest BCUT2D eigenvalue weighted by Crippen LogP contribution is 2.15. The molecule has 1 aliphatic heterocycles. The van der Waals surface area contributed by atoms with Crippen molar-refractivity contribution in [1.82, 2.24) is 10.3 Å². The smallest absolute Gasteiger partial charge is 0.252 e. The molecule has 1 saturated heterocycles. The third kappa shape index (κ3) is 3.22. The number of carbonyl (C=O) groups excluding carboxylic acids is 1. The molecule has 1 amide bonds. The minimum Gasteiger partial charge on any atom is -0.472 e. The van der Waals surface area contributed by atoms with Gasteiger partial charge in [-0.1, -0.05) is 5.92 Å². The quantitative estimate of drug-likeness (QED) is 0.791. The van der Waals surface area contributed by atoms with Gasteiger partial charge in [0, 0.05) is 24.2 Å². The van der Waals surface area contributed by atoms with Crippen molar-refractivity contribution in [3.8, 4) is 18.2 Å². The molecule has 0 saturated carbocycles. The first kappa shape index (κ1) is 12.4. The predicted octanol–water partition coefficient (Wildman–Crippen LogP) is 0.612. The Kier molecular flexibility index (Phi) is 4.15. The maximum atomic E-state index is 11.7. The van der Waals surface area contributed by atoms with Crippen LogP contribution in [0.3, 0.4) is 0 Å². The van der Waals surface area contributed by atoms with Crippen LogP contribution in [0, 0.1) is 12.3 Å². The molecule has 0 aromatic carbocycles. The van der Waals surface area contributed by atoms with Crippen LogP contribution in [0.1, 0.15) is 16.8 Å². The number of ether oxygens (including phenoxy) is 2. The first-order valence-corrected chi connectivity index (χ1v) is 5.71. The molecule has 0 spiro atoms. The van der Waals surface area contributed by atoms with E-state index in [0.29, 0.717) is 24.7 Å². The van der Waals surface area contributed by atoms with Crippen molar-refractivity contribution in [2.24, 2.45) is 0 Å². The Morgan fingerprint density at radius 2 is 2.61 bits per heavy atom. The lowest BCUT2D eigenvalue weighted by molar-refractivity contribution is 0.0957. The number of nitrogens with one attached hydrogen (secondary N) is 1. The molecular formula is C13H14N2O3. The van der Waals surface area contributed by atoms with Gasteiger partial charge in [-0.05, 0) is 6.07 Å². The summed E-state index contributed by atoms with van der Waals surface area (Å²) in [4.78, 5) is 15.7. The third-order valence-corrected chi connectivity index (χ3v) is 2.52. The summed E-state index contributed by atoms with van der Waals surface area (Å²) in [6.45, 7) is 1.47. The van der Waals surface area contributed by atoms with Crippen LogP contribution in [0.4, 0.5) is 0 Å². The van der Waals surface area contributed by atoms with E-state index in [1.54, 1.807) is 12.1 Å². The number of carbonyl (C=O) groups is 1. The molecular weight excluding hydrogens is 232 g/mol. The Morgan fingerprint density at radius 3 is 3.33 bits per heavy atom. The standard InChI is InChI=1S/C13H14N2O3/c1-2-5-15-13(16)10-3-6-14-12(8-10)18-11-4-7-17-9-11/h1,3,6,8,11H,4-5,7,9H2,(H,15,16). The number of aromatic nitrogens is 1. The van der Waals surface area contributed by atoms with E-state index in [0.717, 1.165) is 6.42 Å². The monoisotopic (exact) mass is 246 g/mol. The second kappa shape index (κ2) is 6.03. The summed E-state index contributed by atoms with van der Waals surface area (Å²) in [5.41, 5.74) is 0.481. The van der Waals surface area contributed by atoms with Crippen molar-refractivity contribution in [1.29, 1.82) is 0 Å². The summed E-state index contributed by atoms with van der Waals surface area (Å²) in [5.74, 6) is 2.54. The Hall–Kier alpha value is -2.06. The number of rotatable bonds is 4. The molecule has 94 valence electrons. The summed E-state index contributed by atoms with van der Waals surface area (Å²) in [5, 5.41) is 2.59. The van der Waals surface area contributed by atoms with Gasteiger partial charge in [0.1, 0.15) is 6.10 Å². The minimum atomic E-state index is -0.233. The van der Waals surface area contributed by atoms with Crippen molar-refractivity contribution in [3.05, 3.63) is 23.9 Å². The number of pyridine rings is 1. The normalized spacial score (nSPS) is 18.1. The lowest BCUT2D eigenvalue weighted by Gasteiger charge is -2.11. The van der Waals surface area contributed by atoms with Crippen molar-refractivity contribution in [2.45, 2.75) is 12.5 Å². The summed E-state index contributed by atoms with van der Waals surface area (Å²) in [7, 11) is 0. The average Bonchev–Trinajstić information content (AvgIpc) is 2.89. The van der Waals surface area contributed by atoms with Crippen molar-refractivity contribution in [3.63, 3.8) is 0 Å². The summed E-state index contributed by atoms with van der Waals surface area (Å²) in [6.07, 6.45) is 7.47. The highest BCUT2D eigenvalue weighted by molar-refractivity contribution is 5.94. The molecule has 5 nitrogen and oxygen atoms in total. The molecule has 2 rings (SSSR count). The minimum absolute atomic E-state index is 0.0153. The predicted molar refractivity (Wildman–Crippen MR) is 65.3 cm³/mol. The summed E-state index contributed by atoms with van der Waals surface area (Å²) < 4.78 is 10.8. The van der Waals surface area contributed by atoms with Crippen LogP contribution >= 0.6 is 0 Å². The second-order valence-electron chi connectivity index (χ2n) is 3.87. The van der Waals surface area contributed by atoms with Crippen molar-refractivity contribution in [2.75, 3.05) is 19.8 Å². The zero-order valence-electron chi connectivity index (χ0n) is 9.89. The van der Waals surface area contributed by atoms with E-state index in [-0.39, 0.29) is 18.6 Å². The van der Waals surface area contributed by atoms with Gasteiger partial charge in [0.05, 0.1) is 19.8 Å². The molecule has 1 N–H and O–H groups in total. The van der Waals surface area contributed by atoms with Gasteiger partial charge in [0.15, 0.2) is 0 Å². The van der Waals surface area contributed by atoms with E-state index in [9.17, 15) is 4.79 Å². The zero-order valence-corrected chi connectivity index (χ0v) is 9.89. The molecule has 18 heavy (non-hydrogen) atoms. The largest absolute Gasteiger partial charge is 0.472 e. The van der Waals surface area contributed by atoms with Gasteiger partial charge in [-0.15, -0.1) is 6.42 Å². The molecule has 1 unspecified atom stereocenters. The maximum Gasteiger partial charge on any atom is 0.252 e. The second-order valence-corrected chi connectivity index (χ2v) is 3.87. The molecule has 1 aromatic rings. The van der Waals surface area contributed by atoms with Crippen LogP contribution in [0.15, 0.2) is 18.3 Å². The molecule has 1 aliphatic rings. The van der Waals surface area contributed by atoms with E-state index < -0.39 is 0 Å². The van der Waals surface area contributed by atoms with Gasteiger partial charge in [-0.3, -0.25) is 4.79 Å². The molecule has 1 aromatic heterocycles. The summed E-state index contributed by atoms with van der Waals surface area (Å²) in [6, 6.07) is 3.22. The van der Waals surface area contributed by atoms with Gasteiger partial charge >= 0.3 is 0 Å². The Balaban J connectivity index is 2.00. The fourth-order valence-corrected chi connectivity index (χ4v) is 1.63. The third-order valence-electron chi connectivity index (χ3n) is 2.52. The van der Waals surface area contributed by atoms with Crippen LogP contribution in [-0.2, 0) is 4.74 Å². The van der Waals surface area contributed by atoms with Gasteiger partial charge in [0.25, 0.3) is 5.91 Å². The fourth-order valence-electron chi connectivity index (χ4n) is 1.63. The molecule has 0 aliphatic carbocycles. The van der Waals surface area contributed by atoms with Crippen LogP contribution in [0.2, 0.25) is 0 Å². The molecule has 0 radical (unpaired) electrons. The van der Waals surface area contributed by atoms with Crippen molar-refractivity contribution < 1.29 is 14.3 Å². The maximum absolute atomic E-state index is 11.7. The first-order valence-electron chi connectivity index (χ1n) is 5.71. The fraction of sp³-hybridized carbons (Fsp3) is 0.385. The van der Waals surface area contributed by atoms with E-state index in [2.05, 4.69) is 16.2 Å². The highest BCUT2D eigenvalue weighted by atomic mass is 16.5. The molecule has 2 heterocycles. The van der Waals surface area contributed by atoms with Crippen LogP contribution in [0.5, 0.6) is 5.88 Å². The van der Waals surface area contributed by atoms with Gasteiger partial charge in [0.2, 0.25) is 5.88 Å². The number of nitrogens with zero attached hydrogens (tertiary/aromatic N) is 1. The van der Waals surface area contributed by atoms with Crippen LogP contribution in [-0.4, -0.2) is 36.8 Å². The number of terminal acetylenes is 1. The average molecular weight is 246 g/mol. The number of amides is 1. The van der Waals surface area contributed by atoms with Gasteiger partial charge in [-0.25, -0.2) is 4.98 Å². The van der Waals surface area contributed by atoms with E-state index in [1.807, 2.05) is 0 Å². The Bertz CT molecular complexity index is 462. The highest BCUT2D eigenvalue weighted by Gasteiger charge is 2.18. The topological polar surface area (TPSA) is 60.5 Å². The molecule has 0 bridgehead atoms. The van der Waals surface area contributed by atoms with Crippen molar-refractivity contribution >= 4 is 5.91 Å². The Morgan fingerprint density at radius 1 is 1.72 bits per heavy atom. The van der Waals surface area contributed by atoms with Gasteiger partial charge in [-0.2, -0.15) is 0 Å². The van der Waals surface area contributed by atoms with Gasteiger partial charge < -0.3 is 14.8 Å². The molecule has 1 fully saturated rings. The lowest BCUT2D eigenvalue weighted by atomic mass is 10.2. The Labute approximate surface area is 106 Å². The molecule has 1 atom stereocenters. The van der Waals surface area contributed by atoms with Crippen LogP contribution < -0.4 is 10.1 Å². The first-order chi connectivity index (χ1) is 8.79. The molecule has 5 heteroatoms. The number of hydrogen-bond acceptors (Lipinski definition) is 4. The SMILES string of the molecule is C#CCNC(=O)c1ccnc(OC2CCOC2)c1. The van der Waals surface area contributed by atoms with E-state index in [1.165, 1.54) is 6.20 Å².